The molecule has 6 nitrogen and oxygen atoms in total. The van der Waals surface area contributed by atoms with Gasteiger partial charge in [0.25, 0.3) is 0 Å². The first-order valence-electron chi connectivity index (χ1n) is 5.99. The minimum absolute atomic E-state index is 0.0688. The van der Waals surface area contributed by atoms with Gasteiger partial charge >= 0.3 is 5.97 Å². The van der Waals surface area contributed by atoms with Gasteiger partial charge in [-0.2, -0.15) is 9.98 Å². The number of hydrogen-bond donors (Lipinski definition) is 1. The van der Waals surface area contributed by atoms with Crippen LogP contribution in [0.5, 0.6) is 0 Å². The second-order valence-electron chi connectivity index (χ2n) is 4.47. The van der Waals surface area contributed by atoms with Crippen molar-refractivity contribution >= 4 is 16.0 Å². The Kier molecular flexibility index (Phi) is 5.25. The number of carbonyl (C=O) groups is 1. The van der Waals surface area contributed by atoms with Gasteiger partial charge in [-0.1, -0.05) is 6.07 Å². The maximum Gasteiger partial charge on any atom is 0.324 e. The molecule has 0 aliphatic heterocycles. The Morgan fingerprint density at radius 3 is 2.55 bits per heavy atom. The van der Waals surface area contributed by atoms with Gasteiger partial charge in [-0.05, 0) is 39.0 Å². The van der Waals surface area contributed by atoms with E-state index in [9.17, 15) is 13.2 Å². The maximum absolute atomic E-state index is 12.1. The molecule has 1 atom stereocenters. The first kappa shape index (κ1) is 16.1. The molecule has 0 spiro atoms. The van der Waals surface area contributed by atoms with Crippen molar-refractivity contribution in [1.82, 2.24) is 4.72 Å². The summed E-state index contributed by atoms with van der Waals surface area (Å²) in [6, 6.07) is 6.40. The lowest BCUT2D eigenvalue weighted by molar-refractivity contribution is -0.148. The van der Waals surface area contributed by atoms with E-state index < -0.39 is 22.0 Å². The quantitative estimate of drug-likeness (QED) is 0.823. The maximum atomic E-state index is 12.1. The fraction of sp³-hybridized carbons (Fsp3) is 0.385. The summed E-state index contributed by atoms with van der Waals surface area (Å²) in [4.78, 5) is 11.5. The molecule has 20 heavy (non-hydrogen) atoms. The van der Waals surface area contributed by atoms with Gasteiger partial charge in [0.1, 0.15) is 6.04 Å². The summed E-state index contributed by atoms with van der Waals surface area (Å²) in [5.41, 5.74) is 0.227. The Hall–Kier alpha value is -1.91. The molecule has 0 aromatic heterocycles. The highest BCUT2D eigenvalue weighted by atomic mass is 32.2. The van der Waals surface area contributed by atoms with Crippen LogP contribution in [0.4, 0.5) is 0 Å². The number of nitrogens with one attached hydrogen (secondary N) is 1. The fourth-order valence-corrected chi connectivity index (χ4v) is 2.65. The molecule has 0 aliphatic carbocycles. The molecular formula is C13H16N2O4S. The minimum atomic E-state index is -3.87. The molecule has 0 saturated carbocycles. The summed E-state index contributed by atoms with van der Waals surface area (Å²) >= 11 is 0. The average Bonchev–Trinajstić information content (AvgIpc) is 2.37. The van der Waals surface area contributed by atoms with Crippen LogP contribution in [-0.4, -0.2) is 26.5 Å². The number of rotatable bonds is 5. The monoisotopic (exact) mass is 296 g/mol. The molecule has 0 bridgehead atoms. The van der Waals surface area contributed by atoms with Crippen molar-refractivity contribution in [3.05, 3.63) is 29.8 Å². The summed E-state index contributed by atoms with van der Waals surface area (Å²) in [7, 11) is -3.87. The van der Waals surface area contributed by atoms with Crippen LogP contribution in [0.1, 0.15) is 26.3 Å². The van der Waals surface area contributed by atoms with Crippen LogP contribution in [0, 0.1) is 11.3 Å². The SMILES string of the molecule is CC(C)OC(=O)C(C)NS(=O)(=O)c1cccc(C#N)c1. The van der Waals surface area contributed by atoms with Gasteiger partial charge in [-0.15, -0.1) is 0 Å². The van der Waals surface area contributed by atoms with Gasteiger partial charge < -0.3 is 4.74 Å². The van der Waals surface area contributed by atoms with Crippen molar-refractivity contribution in [3.63, 3.8) is 0 Å². The van der Waals surface area contributed by atoms with Crippen molar-refractivity contribution in [2.75, 3.05) is 0 Å². The van der Waals surface area contributed by atoms with Crippen molar-refractivity contribution in [2.24, 2.45) is 0 Å². The van der Waals surface area contributed by atoms with Gasteiger partial charge in [-0.25, -0.2) is 8.42 Å². The Balaban J connectivity index is 2.90. The topological polar surface area (TPSA) is 96.3 Å². The largest absolute Gasteiger partial charge is 0.462 e. The Labute approximate surface area is 118 Å². The molecule has 1 N–H and O–H groups in total. The van der Waals surface area contributed by atoms with Crippen molar-refractivity contribution < 1.29 is 17.9 Å². The number of sulfonamides is 1. The van der Waals surface area contributed by atoms with Crippen LogP contribution in [0.2, 0.25) is 0 Å². The smallest absolute Gasteiger partial charge is 0.324 e. The zero-order valence-electron chi connectivity index (χ0n) is 11.5. The molecular weight excluding hydrogens is 280 g/mol. The molecule has 0 aliphatic rings. The zero-order chi connectivity index (χ0) is 15.3. The molecule has 1 rings (SSSR count). The molecule has 1 aromatic carbocycles. The van der Waals surface area contributed by atoms with Crippen LogP contribution >= 0.6 is 0 Å². The van der Waals surface area contributed by atoms with E-state index >= 15 is 0 Å². The zero-order valence-corrected chi connectivity index (χ0v) is 12.3. The summed E-state index contributed by atoms with van der Waals surface area (Å²) in [6.45, 7) is 4.75. The standard InChI is InChI=1S/C13H16N2O4S/c1-9(2)19-13(16)10(3)15-20(17,18)12-6-4-5-11(7-12)8-14/h4-7,9-10,15H,1-3H3. The van der Waals surface area contributed by atoms with Crippen molar-refractivity contribution in [1.29, 1.82) is 5.26 Å². The van der Waals surface area contributed by atoms with E-state index in [1.165, 1.54) is 31.2 Å². The van der Waals surface area contributed by atoms with Gasteiger partial charge in [0.15, 0.2) is 0 Å². The van der Waals surface area contributed by atoms with E-state index in [4.69, 9.17) is 10.00 Å². The Bertz CT molecular complexity index is 632. The highest BCUT2D eigenvalue weighted by Gasteiger charge is 2.23. The molecule has 1 aromatic rings. The van der Waals surface area contributed by atoms with Crippen molar-refractivity contribution in [3.8, 4) is 6.07 Å². The number of carbonyl (C=O) groups excluding carboxylic acids is 1. The molecule has 0 radical (unpaired) electrons. The number of ether oxygens (including phenoxy) is 1. The predicted octanol–water partition coefficient (Wildman–Crippen LogP) is 1.18. The number of hydrogen-bond acceptors (Lipinski definition) is 5. The highest BCUT2D eigenvalue weighted by molar-refractivity contribution is 7.89. The molecule has 1 unspecified atom stereocenters. The number of nitrogens with zero attached hydrogens (tertiary/aromatic N) is 1. The third-order valence-electron chi connectivity index (χ3n) is 2.31. The summed E-state index contributed by atoms with van der Waals surface area (Å²) in [5, 5.41) is 8.76. The Morgan fingerprint density at radius 1 is 1.35 bits per heavy atom. The van der Waals surface area contributed by atoms with E-state index in [2.05, 4.69) is 4.72 Å². The van der Waals surface area contributed by atoms with Crippen LogP contribution < -0.4 is 4.72 Å². The Morgan fingerprint density at radius 2 is 2.00 bits per heavy atom. The minimum Gasteiger partial charge on any atom is -0.462 e. The van der Waals surface area contributed by atoms with E-state index in [1.807, 2.05) is 6.07 Å². The molecule has 108 valence electrons. The van der Waals surface area contributed by atoms with E-state index in [-0.39, 0.29) is 16.6 Å². The van der Waals surface area contributed by atoms with Gasteiger partial charge in [0, 0.05) is 0 Å². The predicted molar refractivity (Wildman–Crippen MR) is 72.2 cm³/mol. The third kappa shape index (κ3) is 4.33. The molecule has 0 fully saturated rings. The van der Waals surface area contributed by atoms with Gasteiger partial charge in [0.05, 0.1) is 22.6 Å². The van der Waals surface area contributed by atoms with Gasteiger partial charge in [-0.3, -0.25) is 4.79 Å². The second-order valence-corrected chi connectivity index (χ2v) is 6.18. The normalized spacial score (nSPS) is 12.8. The highest BCUT2D eigenvalue weighted by Crippen LogP contribution is 2.11. The van der Waals surface area contributed by atoms with Crippen LogP contribution in [-0.2, 0) is 19.6 Å². The van der Waals surface area contributed by atoms with Crippen LogP contribution in [0.15, 0.2) is 29.2 Å². The summed E-state index contributed by atoms with van der Waals surface area (Å²) in [6.07, 6.45) is -0.323. The molecule has 0 amide bonds. The first-order chi connectivity index (χ1) is 9.26. The van der Waals surface area contributed by atoms with E-state index in [1.54, 1.807) is 13.8 Å². The number of benzene rings is 1. The van der Waals surface area contributed by atoms with Gasteiger partial charge in [0.2, 0.25) is 10.0 Å². The first-order valence-corrected chi connectivity index (χ1v) is 7.47. The summed E-state index contributed by atoms with van der Waals surface area (Å²) in [5.74, 6) is -0.653. The van der Waals surface area contributed by atoms with E-state index in [0.29, 0.717) is 0 Å². The molecule has 0 heterocycles. The second kappa shape index (κ2) is 6.50. The number of nitriles is 1. The lowest BCUT2D eigenvalue weighted by atomic mass is 10.2. The van der Waals surface area contributed by atoms with Crippen LogP contribution in [0.3, 0.4) is 0 Å². The lowest BCUT2D eigenvalue weighted by Gasteiger charge is -2.15. The number of esters is 1. The average molecular weight is 296 g/mol. The van der Waals surface area contributed by atoms with Crippen LogP contribution in [0.25, 0.3) is 0 Å². The lowest BCUT2D eigenvalue weighted by Crippen LogP contribution is -2.40. The molecule has 7 heteroatoms. The molecule has 0 saturated heterocycles. The van der Waals surface area contributed by atoms with E-state index in [0.717, 1.165) is 0 Å². The summed E-state index contributed by atoms with van der Waals surface area (Å²) < 4.78 is 31.3. The third-order valence-corrected chi connectivity index (χ3v) is 3.85. The fourth-order valence-electron chi connectivity index (χ4n) is 1.42. The van der Waals surface area contributed by atoms with Crippen molar-refractivity contribution in [2.45, 2.75) is 37.8 Å².